The van der Waals surface area contributed by atoms with Gasteiger partial charge in [0.1, 0.15) is 0 Å². The molecule has 0 fully saturated rings. The van der Waals surface area contributed by atoms with Gasteiger partial charge < -0.3 is 24.8 Å². The molecule has 7 nitrogen and oxygen atoms in total. The highest BCUT2D eigenvalue weighted by Crippen LogP contribution is 2.19. The Bertz CT molecular complexity index is 773. The van der Waals surface area contributed by atoms with Gasteiger partial charge in [-0.3, -0.25) is 0 Å². The molecule has 142 valence electrons. The third-order valence-electron chi connectivity index (χ3n) is 3.39. The molecular formula is C17H20F2N2O5. The highest BCUT2D eigenvalue weighted by Gasteiger charge is 2.08. The number of aromatic nitrogens is 1. The minimum Gasteiger partial charge on any atom is -0.478 e. The molecule has 1 aromatic heterocycles. The Morgan fingerprint density at radius 3 is 2.23 bits per heavy atom. The van der Waals surface area contributed by atoms with Gasteiger partial charge in [0, 0.05) is 49.4 Å². The molecule has 0 aliphatic heterocycles. The number of likely N-dealkylation sites (N-methyl/N-ethyl adjacent to an activating group) is 1. The van der Waals surface area contributed by atoms with E-state index in [9.17, 15) is 18.4 Å². The van der Waals surface area contributed by atoms with Gasteiger partial charge in [0.25, 0.3) is 0 Å². The topological polar surface area (TPSA) is 103 Å². The summed E-state index contributed by atoms with van der Waals surface area (Å²) in [6.07, 6.45) is 2.93. The second-order valence-electron chi connectivity index (χ2n) is 5.37. The summed E-state index contributed by atoms with van der Waals surface area (Å²) < 4.78 is 28.1. The Morgan fingerprint density at radius 2 is 1.69 bits per heavy atom. The standard InChI is InChI=1S/C13H16F2N2O.C4H4O4/c1-16(6-7-18)4-5-17-3-2-10-8-11(14)12(15)9-13(10)17;5-3(6)1-2-4(7)8/h2-3,8-9,18H,4-7H2,1H3;1-2H,(H,5,6)(H,7,8)/b;2-1+. The van der Waals surface area contributed by atoms with E-state index in [2.05, 4.69) is 0 Å². The number of nitrogens with zero attached hydrogens (tertiary/aromatic N) is 2. The molecule has 0 saturated carbocycles. The van der Waals surface area contributed by atoms with E-state index < -0.39 is 23.6 Å². The molecule has 0 aliphatic rings. The van der Waals surface area contributed by atoms with Crippen LogP contribution in [-0.2, 0) is 16.1 Å². The van der Waals surface area contributed by atoms with Crippen LogP contribution in [0.15, 0.2) is 36.5 Å². The lowest BCUT2D eigenvalue weighted by atomic mass is 10.2. The van der Waals surface area contributed by atoms with Crippen LogP contribution < -0.4 is 0 Å². The van der Waals surface area contributed by atoms with Gasteiger partial charge in [0.15, 0.2) is 11.6 Å². The van der Waals surface area contributed by atoms with Crippen molar-refractivity contribution in [2.75, 3.05) is 26.7 Å². The first-order valence-electron chi connectivity index (χ1n) is 7.61. The lowest BCUT2D eigenvalue weighted by Gasteiger charge is -2.15. The van der Waals surface area contributed by atoms with E-state index in [1.54, 1.807) is 6.07 Å². The summed E-state index contributed by atoms with van der Waals surface area (Å²) in [6, 6.07) is 4.19. The predicted molar refractivity (Wildman–Crippen MR) is 90.8 cm³/mol. The third kappa shape index (κ3) is 6.99. The average molecular weight is 370 g/mol. The zero-order valence-corrected chi connectivity index (χ0v) is 14.1. The molecule has 0 unspecified atom stereocenters. The fourth-order valence-electron chi connectivity index (χ4n) is 2.08. The molecule has 0 amide bonds. The summed E-state index contributed by atoms with van der Waals surface area (Å²) in [4.78, 5) is 21.1. The molecule has 0 aliphatic carbocycles. The van der Waals surface area contributed by atoms with E-state index in [1.807, 2.05) is 22.7 Å². The largest absolute Gasteiger partial charge is 0.478 e. The second-order valence-corrected chi connectivity index (χ2v) is 5.37. The number of rotatable bonds is 7. The van der Waals surface area contributed by atoms with E-state index in [0.717, 1.165) is 6.54 Å². The third-order valence-corrected chi connectivity index (χ3v) is 3.39. The lowest BCUT2D eigenvalue weighted by molar-refractivity contribution is -0.134. The summed E-state index contributed by atoms with van der Waals surface area (Å²) in [6.45, 7) is 2.12. The van der Waals surface area contributed by atoms with Crippen molar-refractivity contribution < 1.29 is 33.7 Å². The number of carboxylic acids is 2. The summed E-state index contributed by atoms with van der Waals surface area (Å²) in [7, 11) is 1.90. The minimum absolute atomic E-state index is 0.114. The zero-order chi connectivity index (χ0) is 19.7. The van der Waals surface area contributed by atoms with Crippen LogP contribution in [0.3, 0.4) is 0 Å². The first-order valence-corrected chi connectivity index (χ1v) is 7.61. The van der Waals surface area contributed by atoms with Gasteiger partial charge in [-0.1, -0.05) is 0 Å². The van der Waals surface area contributed by atoms with Gasteiger partial charge in [-0.15, -0.1) is 0 Å². The monoisotopic (exact) mass is 370 g/mol. The van der Waals surface area contributed by atoms with E-state index in [0.29, 0.717) is 36.1 Å². The summed E-state index contributed by atoms with van der Waals surface area (Å²) >= 11 is 0. The number of carboxylic acid groups (broad SMARTS) is 2. The van der Waals surface area contributed by atoms with Crippen molar-refractivity contribution in [3.8, 4) is 0 Å². The predicted octanol–water partition coefficient (Wildman–Crippen LogP) is 1.56. The van der Waals surface area contributed by atoms with Crippen LogP contribution in [0.4, 0.5) is 8.78 Å². The zero-order valence-electron chi connectivity index (χ0n) is 14.1. The molecule has 3 N–H and O–H groups in total. The van der Waals surface area contributed by atoms with E-state index in [-0.39, 0.29) is 6.61 Å². The molecule has 26 heavy (non-hydrogen) atoms. The quantitative estimate of drug-likeness (QED) is 0.639. The Hall–Kier alpha value is -2.78. The number of halogens is 2. The molecule has 0 saturated heterocycles. The van der Waals surface area contributed by atoms with Crippen molar-refractivity contribution in [2.45, 2.75) is 6.54 Å². The number of hydrogen-bond donors (Lipinski definition) is 3. The van der Waals surface area contributed by atoms with Crippen LogP contribution >= 0.6 is 0 Å². The maximum atomic E-state index is 13.2. The van der Waals surface area contributed by atoms with Gasteiger partial charge in [-0.05, 0) is 19.2 Å². The van der Waals surface area contributed by atoms with Crippen LogP contribution in [0, 0.1) is 11.6 Å². The maximum Gasteiger partial charge on any atom is 0.328 e. The average Bonchev–Trinajstić information content (AvgIpc) is 2.94. The number of carbonyl (C=O) groups is 2. The number of fused-ring (bicyclic) bond motifs is 1. The van der Waals surface area contributed by atoms with E-state index in [1.165, 1.54) is 12.1 Å². The fourth-order valence-corrected chi connectivity index (χ4v) is 2.08. The highest BCUT2D eigenvalue weighted by atomic mass is 19.2. The molecule has 0 spiro atoms. The van der Waals surface area contributed by atoms with Gasteiger partial charge >= 0.3 is 11.9 Å². The van der Waals surface area contributed by atoms with Crippen molar-refractivity contribution in [1.82, 2.24) is 9.47 Å². The highest BCUT2D eigenvalue weighted by molar-refractivity contribution is 5.89. The van der Waals surface area contributed by atoms with Crippen molar-refractivity contribution >= 4 is 22.8 Å². The number of aliphatic carboxylic acids is 2. The normalized spacial score (nSPS) is 11.0. The smallest absolute Gasteiger partial charge is 0.328 e. The first kappa shape index (κ1) is 21.3. The Morgan fingerprint density at radius 1 is 1.12 bits per heavy atom. The number of hydrogen-bond acceptors (Lipinski definition) is 4. The molecule has 2 rings (SSSR count). The summed E-state index contributed by atoms with van der Waals surface area (Å²) in [5.74, 6) is -4.16. The van der Waals surface area contributed by atoms with Crippen molar-refractivity contribution in [2.24, 2.45) is 0 Å². The van der Waals surface area contributed by atoms with E-state index >= 15 is 0 Å². The Labute approximate surface area is 148 Å². The van der Waals surface area contributed by atoms with Crippen LogP contribution in [0.25, 0.3) is 10.9 Å². The van der Waals surface area contributed by atoms with Gasteiger partial charge in [0.05, 0.1) is 12.1 Å². The van der Waals surface area contributed by atoms with E-state index in [4.69, 9.17) is 15.3 Å². The van der Waals surface area contributed by atoms with Crippen molar-refractivity contribution in [1.29, 1.82) is 0 Å². The van der Waals surface area contributed by atoms with Gasteiger partial charge in [0.2, 0.25) is 0 Å². The molecular weight excluding hydrogens is 350 g/mol. The fraction of sp³-hybridized carbons (Fsp3) is 0.294. The van der Waals surface area contributed by atoms with Crippen LogP contribution in [0.5, 0.6) is 0 Å². The van der Waals surface area contributed by atoms with Crippen LogP contribution in [0.1, 0.15) is 0 Å². The van der Waals surface area contributed by atoms with Crippen molar-refractivity contribution in [3.05, 3.63) is 48.2 Å². The summed E-state index contributed by atoms with van der Waals surface area (Å²) in [5, 5.41) is 25.1. The Balaban J connectivity index is 0.000000359. The van der Waals surface area contributed by atoms with Crippen LogP contribution in [0.2, 0.25) is 0 Å². The minimum atomic E-state index is -1.26. The molecule has 2 aromatic rings. The SMILES string of the molecule is CN(CCO)CCn1ccc2cc(F)c(F)cc21.O=C(O)/C=C/C(=O)O. The maximum absolute atomic E-state index is 13.2. The second kappa shape index (κ2) is 10.3. The molecule has 0 radical (unpaired) electrons. The number of aliphatic hydroxyl groups is 1. The summed E-state index contributed by atoms with van der Waals surface area (Å²) in [5.41, 5.74) is 0.686. The lowest BCUT2D eigenvalue weighted by Crippen LogP contribution is -2.26. The van der Waals surface area contributed by atoms with Gasteiger partial charge in [-0.2, -0.15) is 0 Å². The molecule has 9 heteroatoms. The van der Waals surface area contributed by atoms with Gasteiger partial charge in [-0.25, -0.2) is 18.4 Å². The number of benzene rings is 1. The van der Waals surface area contributed by atoms with Crippen molar-refractivity contribution in [3.63, 3.8) is 0 Å². The molecule has 0 atom stereocenters. The molecule has 0 bridgehead atoms. The Kier molecular flexibility index (Phi) is 8.40. The van der Waals surface area contributed by atoms with Crippen LogP contribution in [-0.4, -0.2) is 63.5 Å². The first-order chi connectivity index (χ1) is 12.2. The molecule has 1 aromatic carbocycles. The number of aliphatic hydroxyl groups excluding tert-OH is 1. The molecule has 1 heterocycles.